The van der Waals surface area contributed by atoms with Crippen LogP contribution in [-0.2, 0) is 5.41 Å². The van der Waals surface area contributed by atoms with E-state index in [1.54, 1.807) is 13.0 Å². The number of nitrogen functional groups attached to an aromatic ring is 1. The van der Waals surface area contributed by atoms with Gasteiger partial charge in [0, 0.05) is 18.0 Å². The van der Waals surface area contributed by atoms with E-state index in [1.807, 2.05) is 0 Å². The average molecular weight is 224 g/mol. The monoisotopic (exact) mass is 224 g/mol. The zero-order valence-electron chi connectivity index (χ0n) is 10.3. The van der Waals surface area contributed by atoms with Gasteiger partial charge < -0.3 is 16.2 Å². The van der Waals surface area contributed by atoms with Gasteiger partial charge in [-0.15, -0.1) is 0 Å². The highest BCUT2D eigenvalue weighted by atomic mass is 16.3. The molecule has 0 saturated heterocycles. The van der Waals surface area contributed by atoms with E-state index < -0.39 is 6.10 Å². The molecular formula is C11H20N4O. The van der Waals surface area contributed by atoms with E-state index in [0.717, 1.165) is 5.69 Å². The Morgan fingerprint density at radius 3 is 2.56 bits per heavy atom. The Labute approximate surface area is 96.1 Å². The lowest BCUT2D eigenvalue weighted by molar-refractivity contribution is 0.208. The molecule has 0 aromatic carbocycles. The van der Waals surface area contributed by atoms with Crippen molar-refractivity contribution in [3.05, 3.63) is 11.8 Å². The topological polar surface area (TPSA) is 84.1 Å². The van der Waals surface area contributed by atoms with Crippen LogP contribution in [0.25, 0.3) is 0 Å². The van der Waals surface area contributed by atoms with Crippen molar-refractivity contribution in [1.82, 2.24) is 9.97 Å². The first-order chi connectivity index (χ1) is 7.29. The lowest BCUT2D eigenvalue weighted by Crippen LogP contribution is -2.20. The maximum atomic E-state index is 9.16. The van der Waals surface area contributed by atoms with Gasteiger partial charge in [0.15, 0.2) is 0 Å². The van der Waals surface area contributed by atoms with Crippen LogP contribution >= 0.6 is 0 Å². The highest BCUT2D eigenvalue weighted by Crippen LogP contribution is 2.22. The minimum Gasteiger partial charge on any atom is -0.392 e. The number of aliphatic hydroxyl groups excluding tert-OH is 1. The third kappa shape index (κ3) is 3.66. The van der Waals surface area contributed by atoms with Gasteiger partial charge in [0.1, 0.15) is 5.82 Å². The van der Waals surface area contributed by atoms with Crippen LogP contribution in [0, 0.1) is 0 Å². The van der Waals surface area contributed by atoms with E-state index in [0.29, 0.717) is 18.3 Å². The number of aromatic nitrogens is 2. The molecule has 1 heterocycles. The molecule has 1 aromatic heterocycles. The molecule has 0 saturated carbocycles. The standard InChI is InChI=1S/C11H20N4O/c1-7(16)6-13-10-14-8(11(2,3)4)5-9(12)15-10/h5,7,16H,6H2,1-4H3,(H3,12,13,14,15)/t7-/m1/s1. The predicted molar refractivity (Wildman–Crippen MR) is 65.3 cm³/mol. The molecule has 0 aliphatic heterocycles. The van der Waals surface area contributed by atoms with Gasteiger partial charge in [-0.25, -0.2) is 4.98 Å². The number of nitrogens with two attached hydrogens (primary N) is 1. The summed E-state index contributed by atoms with van der Waals surface area (Å²) < 4.78 is 0. The molecule has 0 amide bonds. The maximum absolute atomic E-state index is 9.16. The molecule has 1 rings (SSSR count). The van der Waals surface area contributed by atoms with Gasteiger partial charge >= 0.3 is 0 Å². The number of nitrogens with zero attached hydrogens (tertiary/aromatic N) is 2. The summed E-state index contributed by atoms with van der Waals surface area (Å²) in [5, 5.41) is 12.1. The quantitative estimate of drug-likeness (QED) is 0.717. The van der Waals surface area contributed by atoms with E-state index >= 15 is 0 Å². The Balaban J connectivity index is 2.90. The number of nitrogens with one attached hydrogen (secondary N) is 1. The molecule has 5 heteroatoms. The minimum absolute atomic E-state index is 0.0711. The van der Waals surface area contributed by atoms with Gasteiger partial charge in [-0.2, -0.15) is 4.98 Å². The number of hydrogen-bond donors (Lipinski definition) is 3. The second kappa shape index (κ2) is 4.65. The lowest BCUT2D eigenvalue weighted by Gasteiger charge is -2.19. The number of aliphatic hydroxyl groups is 1. The fraction of sp³-hybridized carbons (Fsp3) is 0.636. The van der Waals surface area contributed by atoms with E-state index in [-0.39, 0.29) is 5.41 Å². The van der Waals surface area contributed by atoms with E-state index in [2.05, 4.69) is 36.1 Å². The summed E-state index contributed by atoms with van der Waals surface area (Å²) in [5.74, 6) is 0.902. The van der Waals surface area contributed by atoms with Crippen molar-refractivity contribution in [1.29, 1.82) is 0 Å². The smallest absolute Gasteiger partial charge is 0.224 e. The number of rotatable bonds is 3. The number of hydrogen-bond acceptors (Lipinski definition) is 5. The first-order valence-electron chi connectivity index (χ1n) is 5.36. The van der Waals surface area contributed by atoms with Crippen molar-refractivity contribution in [2.75, 3.05) is 17.6 Å². The van der Waals surface area contributed by atoms with Crippen LogP contribution in [0.15, 0.2) is 6.07 Å². The Kier molecular flexibility index (Phi) is 3.70. The van der Waals surface area contributed by atoms with Crippen molar-refractivity contribution < 1.29 is 5.11 Å². The van der Waals surface area contributed by atoms with Crippen LogP contribution < -0.4 is 11.1 Å². The second-order valence-corrected chi connectivity index (χ2v) is 4.98. The second-order valence-electron chi connectivity index (χ2n) is 4.98. The van der Waals surface area contributed by atoms with Crippen molar-refractivity contribution in [2.24, 2.45) is 0 Å². The van der Waals surface area contributed by atoms with Crippen LogP contribution in [0.3, 0.4) is 0 Å². The Bertz CT molecular complexity index is 357. The number of anilines is 2. The molecule has 0 fully saturated rings. The average Bonchev–Trinajstić information content (AvgIpc) is 2.12. The molecule has 0 aliphatic carbocycles. The zero-order chi connectivity index (χ0) is 12.3. The first-order valence-corrected chi connectivity index (χ1v) is 5.36. The van der Waals surface area contributed by atoms with Crippen molar-refractivity contribution in [3.63, 3.8) is 0 Å². The highest BCUT2D eigenvalue weighted by molar-refractivity contribution is 5.40. The van der Waals surface area contributed by atoms with Crippen molar-refractivity contribution in [3.8, 4) is 0 Å². The summed E-state index contributed by atoms with van der Waals surface area (Å²) >= 11 is 0. The fourth-order valence-corrected chi connectivity index (χ4v) is 1.17. The Morgan fingerprint density at radius 2 is 2.06 bits per heavy atom. The molecule has 5 nitrogen and oxygen atoms in total. The summed E-state index contributed by atoms with van der Waals surface area (Å²) in [7, 11) is 0. The molecule has 1 atom stereocenters. The molecule has 4 N–H and O–H groups in total. The van der Waals surface area contributed by atoms with E-state index in [9.17, 15) is 0 Å². The van der Waals surface area contributed by atoms with Gasteiger partial charge in [0.25, 0.3) is 0 Å². The van der Waals surface area contributed by atoms with Gasteiger partial charge in [-0.05, 0) is 6.92 Å². The summed E-state index contributed by atoms with van der Waals surface area (Å²) in [5.41, 5.74) is 6.52. The molecule has 90 valence electrons. The normalized spacial score (nSPS) is 13.6. The lowest BCUT2D eigenvalue weighted by atomic mass is 9.92. The van der Waals surface area contributed by atoms with Crippen LogP contribution in [0.1, 0.15) is 33.4 Å². The van der Waals surface area contributed by atoms with Crippen molar-refractivity contribution >= 4 is 11.8 Å². The Hall–Kier alpha value is -1.36. The highest BCUT2D eigenvalue weighted by Gasteiger charge is 2.17. The summed E-state index contributed by atoms with van der Waals surface area (Å²) in [4.78, 5) is 8.43. The minimum atomic E-state index is -0.442. The molecular weight excluding hydrogens is 204 g/mol. The maximum Gasteiger partial charge on any atom is 0.224 e. The van der Waals surface area contributed by atoms with Gasteiger partial charge in [-0.3, -0.25) is 0 Å². The van der Waals surface area contributed by atoms with Crippen LogP contribution in [0.5, 0.6) is 0 Å². The SMILES string of the molecule is C[C@@H](O)CNc1nc(N)cc(C(C)(C)C)n1. The van der Waals surface area contributed by atoms with Gasteiger partial charge in [-0.1, -0.05) is 20.8 Å². The van der Waals surface area contributed by atoms with Crippen molar-refractivity contribution in [2.45, 2.75) is 39.2 Å². The van der Waals surface area contributed by atoms with Crippen LogP contribution in [0.4, 0.5) is 11.8 Å². The van der Waals surface area contributed by atoms with Gasteiger partial charge in [0.2, 0.25) is 5.95 Å². The molecule has 0 spiro atoms. The van der Waals surface area contributed by atoms with Crippen LogP contribution in [-0.4, -0.2) is 27.7 Å². The molecule has 0 unspecified atom stereocenters. The van der Waals surface area contributed by atoms with Gasteiger partial charge in [0.05, 0.1) is 11.8 Å². The first kappa shape index (κ1) is 12.7. The van der Waals surface area contributed by atoms with E-state index in [4.69, 9.17) is 10.8 Å². The van der Waals surface area contributed by atoms with E-state index in [1.165, 1.54) is 0 Å². The third-order valence-corrected chi connectivity index (χ3v) is 2.07. The summed E-state index contributed by atoms with van der Waals surface area (Å²) in [6.45, 7) is 8.30. The largest absolute Gasteiger partial charge is 0.392 e. The molecule has 0 radical (unpaired) electrons. The molecule has 16 heavy (non-hydrogen) atoms. The summed E-state index contributed by atoms with van der Waals surface area (Å²) in [6, 6.07) is 1.77. The predicted octanol–water partition coefficient (Wildman–Crippen LogP) is 1.15. The summed E-state index contributed by atoms with van der Waals surface area (Å²) in [6.07, 6.45) is -0.442. The molecule has 0 aliphatic rings. The Morgan fingerprint density at radius 1 is 1.44 bits per heavy atom. The third-order valence-electron chi connectivity index (χ3n) is 2.07. The fourth-order valence-electron chi connectivity index (χ4n) is 1.17. The molecule has 0 bridgehead atoms. The molecule has 1 aromatic rings. The van der Waals surface area contributed by atoms with Crippen LogP contribution in [0.2, 0.25) is 0 Å². The zero-order valence-corrected chi connectivity index (χ0v) is 10.3.